The van der Waals surface area contributed by atoms with E-state index in [9.17, 15) is 26.3 Å². The normalized spacial score (nSPS) is 12.8. The van der Waals surface area contributed by atoms with Crippen LogP contribution < -0.4 is 0 Å². The molecule has 1 heterocycles. The molecule has 0 fully saturated rings. The van der Waals surface area contributed by atoms with Crippen molar-refractivity contribution < 1.29 is 26.3 Å². The molecule has 0 N–H and O–H groups in total. The maximum atomic E-state index is 12.8. The van der Waals surface area contributed by atoms with Crippen LogP contribution in [0.4, 0.5) is 26.3 Å². The first-order valence-electron chi connectivity index (χ1n) is 5.59. The van der Waals surface area contributed by atoms with E-state index in [4.69, 9.17) is 0 Å². The molecule has 0 aliphatic carbocycles. The molecule has 0 saturated carbocycles. The summed E-state index contributed by atoms with van der Waals surface area (Å²) >= 11 is 6.18. The van der Waals surface area contributed by atoms with Crippen LogP contribution in [0, 0.1) is 0 Å². The zero-order valence-corrected chi connectivity index (χ0v) is 13.8. The Labute approximate surface area is 137 Å². The summed E-state index contributed by atoms with van der Waals surface area (Å²) in [5, 5.41) is 0. The van der Waals surface area contributed by atoms with Crippen LogP contribution in [0.15, 0.2) is 27.4 Å². The monoisotopic (exact) mass is 450 g/mol. The van der Waals surface area contributed by atoms with Crippen LogP contribution in [0.2, 0.25) is 0 Å². The Morgan fingerprint density at radius 3 is 1.68 bits per heavy atom. The Hall–Kier alpha value is -1.03. The van der Waals surface area contributed by atoms with Crippen LogP contribution in [-0.2, 0) is 19.4 Å². The molecule has 0 bridgehead atoms. The highest BCUT2D eigenvalue weighted by molar-refractivity contribution is 9.13. The Kier molecular flexibility index (Phi) is 4.37. The Morgan fingerprint density at radius 2 is 1.36 bits per heavy atom. The zero-order valence-electron chi connectivity index (χ0n) is 10.7. The molecule has 0 atom stereocenters. The molecule has 0 spiro atoms. The highest BCUT2D eigenvalue weighted by atomic mass is 79.9. The quantitative estimate of drug-likeness (QED) is 0.512. The van der Waals surface area contributed by atoms with Crippen molar-refractivity contribution in [1.29, 1.82) is 0 Å². The van der Waals surface area contributed by atoms with Crippen molar-refractivity contribution in [2.45, 2.75) is 12.4 Å². The first-order chi connectivity index (χ1) is 9.91. The average molecular weight is 452 g/mol. The standard InChI is InChI=1S/C12H6Br2F6N2/c1-22-9(14)8(13)21-10(22)5-2-6(11(15,16)17)4-7(3-5)12(18,19)20/h2-4H,1H3. The number of benzene rings is 1. The van der Waals surface area contributed by atoms with Gasteiger partial charge in [0.1, 0.15) is 15.0 Å². The summed E-state index contributed by atoms with van der Waals surface area (Å²) < 4.78 is 78.9. The van der Waals surface area contributed by atoms with Gasteiger partial charge in [0.15, 0.2) is 0 Å². The summed E-state index contributed by atoms with van der Waals surface area (Å²) in [5.41, 5.74) is -3.05. The second-order valence-electron chi connectivity index (χ2n) is 4.37. The first-order valence-corrected chi connectivity index (χ1v) is 7.17. The zero-order chi connectivity index (χ0) is 16.9. The maximum Gasteiger partial charge on any atom is 0.416 e. The summed E-state index contributed by atoms with van der Waals surface area (Å²) in [6, 6.07) is 1.35. The molecule has 1 aromatic heterocycles. The highest BCUT2D eigenvalue weighted by Gasteiger charge is 2.37. The maximum absolute atomic E-state index is 12.8. The molecule has 0 amide bonds. The van der Waals surface area contributed by atoms with Gasteiger partial charge in [-0.15, -0.1) is 0 Å². The Balaban J connectivity index is 2.73. The van der Waals surface area contributed by atoms with E-state index in [0.717, 1.165) is 0 Å². The number of hydrogen-bond donors (Lipinski definition) is 0. The Morgan fingerprint density at radius 1 is 0.909 bits per heavy atom. The summed E-state index contributed by atoms with van der Waals surface area (Å²) in [7, 11) is 1.46. The van der Waals surface area contributed by atoms with Gasteiger partial charge in [0.05, 0.1) is 11.1 Å². The second kappa shape index (κ2) is 5.55. The molecular formula is C12H6Br2F6N2. The van der Waals surface area contributed by atoms with E-state index < -0.39 is 23.5 Å². The predicted molar refractivity (Wildman–Crippen MR) is 74.0 cm³/mol. The third kappa shape index (κ3) is 3.32. The molecule has 0 aliphatic heterocycles. The number of nitrogens with zero attached hydrogens (tertiary/aromatic N) is 2. The van der Waals surface area contributed by atoms with Crippen LogP contribution in [-0.4, -0.2) is 9.55 Å². The van der Waals surface area contributed by atoms with Crippen LogP contribution in [0.3, 0.4) is 0 Å². The van der Waals surface area contributed by atoms with Gasteiger partial charge < -0.3 is 4.57 Å². The molecule has 22 heavy (non-hydrogen) atoms. The lowest BCUT2D eigenvalue weighted by Crippen LogP contribution is -2.11. The molecule has 0 unspecified atom stereocenters. The molecule has 2 aromatic rings. The molecule has 10 heteroatoms. The minimum atomic E-state index is -4.89. The van der Waals surface area contributed by atoms with Gasteiger partial charge in [-0.1, -0.05) is 0 Å². The summed E-state index contributed by atoms with van der Waals surface area (Å²) in [6.07, 6.45) is -9.79. The van der Waals surface area contributed by atoms with E-state index in [1.807, 2.05) is 0 Å². The fourth-order valence-corrected chi connectivity index (χ4v) is 2.48. The van der Waals surface area contributed by atoms with Gasteiger partial charge in [-0.05, 0) is 50.1 Å². The van der Waals surface area contributed by atoms with Gasteiger partial charge >= 0.3 is 12.4 Å². The van der Waals surface area contributed by atoms with E-state index in [1.165, 1.54) is 11.6 Å². The molecule has 2 nitrogen and oxygen atoms in total. The second-order valence-corrected chi connectivity index (χ2v) is 5.87. The van der Waals surface area contributed by atoms with Crippen molar-refractivity contribution in [3.05, 3.63) is 38.5 Å². The fraction of sp³-hybridized carbons (Fsp3) is 0.250. The van der Waals surface area contributed by atoms with Gasteiger partial charge in [0.2, 0.25) is 0 Å². The van der Waals surface area contributed by atoms with Crippen molar-refractivity contribution in [3.8, 4) is 11.4 Å². The van der Waals surface area contributed by atoms with Crippen molar-refractivity contribution >= 4 is 31.9 Å². The number of aromatic nitrogens is 2. The SMILES string of the molecule is Cn1c(-c2cc(C(F)(F)F)cc(C(F)(F)F)c2)nc(Br)c1Br. The number of rotatable bonds is 1. The smallest absolute Gasteiger partial charge is 0.321 e. The van der Waals surface area contributed by atoms with Gasteiger partial charge in [-0.2, -0.15) is 26.3 Å². The summed E-state index contributed by atoms with van der Waals surface area (Å²) in [5.74, 6) is -0.0321. The molecule has 2 rings (SSSR count). The minimum Gasteiger partial charge on any atom is -0.321 e. The molecule has 1 aromatic carbocycles. The van der Waals surface area contributed by atoms with E-state index in [-0.39, 0.29) is 22.1 Å². The highest BCUT2D eigenvalue weighted by Crippen LogP contribution is 2.39. The molecule has 0 saturated heterocycles. The van der Waals surface area contributed by atoms with Gasteiger partial charge in [-0.3, -0.25) is 0 Å². The van der Waals surface area contributed by atoms with E-state index >= 15 is 0 Å². The molecule has 120 valence electrons. The van der Waals surface area contributed by atoms with Crippen molar-refractivity contribution in [3.63, 3.8) is 0 Å². The van der Waals surface area contributed by atoms with Gasteiger partial charge in [-0.25, -0.2) is 4.98 Å². The summed E-state index contributed by atoms with van der Waals surface area (Å²) in [6.45, 7) is 0. The minimum absolute atomic E-state index is 0.0321. The third-order valence-electron chi connectivity index (χ3n) is 2.83. The van der Waals surface area contributed by atoms with Crippen molar-refractivity contribution in [2.24, 2.45) is 7.05 Å². The predicted octanol–water partition coefficient (Wildman–Crippen LogP) is 5.65. The Bertz CT molecular complexity index is 685. The van der Waals surface area contributed by atoms with Crippen LogP contribution >= 0.6 is 31.9 Å². The topological polar surface area (TPSA) is 17.8 Å². The van der Waals surface area contributed by atoms with E-state index in [1.54, 1.807) is 0 Å². The number of hydrogen-bond acceptors (Lipinski definition) is 1. The van der Waals surface area contributed by atoms with Crippen molar-refractivity contribution in [2.75, 3.05) is 0 Å². The lowest BCUT2D eigenvalue weighted by Gasteiger charge is -2.14. The first kappa shape index (κ1) is 17.3. The fourth-order valence-electron chi connectivity index (χ4n) is 1.79. The van der Waals surface area contributed by atoms with Crippen LogP contribution in [0.1, 0.15) is 11.1 Å². The number of imidazole rings is 1. The van der Waals surface area contributed by atoms with Crippen LogP contribution in [0.5, 0.6) is 0 Å². The van der Waals surface area contributed by atoms with E-state index in [2.05, 4.69) is 36.8 Å². The number of halogens is 8. The lowest BCUT2D eigenvalue weighted by atomic mass is 10.0. The largest absolute Gasteiger partial charge is 0.416 e. The van der Waals surface area contributed by atoms with Gasteiger partial charge in [0, 0.05) is 12.6 Å². The van der Waals surface area contributed by atoms with Gasteiger partial charge in [0.25, 0.3) is 0 Å². The molecular weight excluding hydrogens is 446 g/mol. The molecule has 0 radical (unpaired) electrons. The molecule has 0 aliphatic rings. The average Bonchev–Trinajstić information content (AvgIpc) is 2.64. The van der Waals surface area contributed by atoms with Crippen LogP contribution in [0.25, 0.3) is 11.4 Å². The lowest BCUT2D eigenvalue weighted by molar-refractivity contribution is -0.143. The summed E-state index contributed by atoms with van der Waals surface area (Å²) in [4.78, 5) is 3.92. The van der Waals surface area contributed by atoms with Crippen molar-refractivity contribution in [1.82, 2.24) is 9.55 Å². The van der Waals surface area contributed by atoms with E-state index in [0.29, 0.717) is 16.7 Å². The number of alkyl halides is 6. The third-order valence-corrected chi connectivity index (χ3v) is 4.82.